The van der Waals surface area contributed by atoms with Gasteiger partial charge in [0.05, 0.1) is 0 Å². The zero-order valence-corrected chi connectivity index (χ0v) is 33.4. The van der Waals surface area contributed by atoms with Crippen LogP contribution < -0.4 is 24.8 Å². The minimum Gasteiger partial charge on any atom is -1.00 e. The molecular formula is C45H46Cl2Zr. The standard InChI is InChI=1S/C21H25.C13H10.C11H11.2ClH.Zr/c1-20(2,3)16-7-9-18-14(12-16)11-15-13-17(21(4,5)6)8-10-19(15)18;1-3-7-12(8-4-1)11-13-9-5-2-6-10-13;1-8-3-5-10-6-4-9(2)11(10)7-8;;;/h7-13H,1-6H3;1-10H;3-7H,1-2H3;2*1H;/q;;;;;+2/p-2. The molecule has 0 saturated heterocycles. The van der Waals surface area contributed by atoms with Gasteiger partial charge >= 0.3 is 286 Å². The third-order valence-corrected chi connectivity index (χ3v) is 18.9. The summed E-state index contributed by atoms with van der Waals surface area (Å²) in [6.45, 7) is 18.7. The summed E-state index contributed by atoms with van der Waals surface area (Å²) in [5, 5.41) is 0. The maximum Gasteiger partial charge on any atom is -1.00 e. The zero-order chi connectivity index (χ0) is 32.4. The van der Waals surface area contributed by atoms with Crippen LogP contribution in [0.5, 0.6) is 0 Å². The molecule has 0 aromatic heterocycles. The van der Waals surface area contributed by atoms with Gasteiger partial charge in [0.15, 0.2) is 0 Å². The van der Waals surface area contributed by atoms with Crippen LogP contribution in [0.4, 0.5) is 0 Å². The fourth-order valence-corrected chi connectivity index (χ4v) is 17.8. The van der Waals surface area contributed by atoms with Crippen LogP contribution in [0.1, 0.15) is 106 Å². The summed E-state index contributed by atoms with van der Waals surface area (Å²) in [5.41, 5.74) is 17.6. The molecule has 0 heterocycles. The average Bonchev–Trinajstić information content (AvgIpc) is 3.53. The Morgan fingerprint density at radius 3 is 1.46 bits per heavy atom. The van der Waals surface area contributed by atoms with Gasteiger partial charge in [-0.1, -0.05) is 0 Å². The number of halogens is 2. The van der Waals surface area contributed by atoms with Crippen LogP contribution in [0, 0.1) is 6.92 Å². The maximum absolute atomic E-state index is 2.88. The van der Waals surface area contributed by atoms with Crippen molar-refractivity contribution in [2.24, 2.45) is 0 Å². The van der Waals surface area contributed by atoms with Crippen LogP contribution in [0.25, 0.3) is 16.7 Å². The molecule has 0 aliphatic heterocycles. The Labute approximate surface area is 308 Å². The summed E-state index contributed by atoms with van der Waals surface area (Å²) in [4.78, 5) is 0. The van der Waals surface area contributed by atoms with Gasteiger partial charge in [0.1, 0.15) is 0 Å². The first kappa shape index (κ1) is 36.5. The van der Waals surface area contributed by atoms with Crippen LogP contribution in [0.15, 0.2) is 121 Å². The van der Waals surface area contributed by atoms with Crippen molar-refractivity contribution in [2.75, 3.05) is 0 Å². The fraction of sp³-hybridized carbons (Fsp3) is 0.267. The molecule has 0 amide bonds. The number of fused-ring (bicyclic) bond motifs is 4. The van der Waals surface area contributed by atoms with E-state index in [-0.39, 0.29) is 35.6 Å². The predicted molar refractivity (Wildman–Crippen MR) is 195 cm³/mol. The van der Waals surface area contributed by atoms with Crippen molar-refractivity contribution in [2.45, 2.75) is 73.5 Å². The Morgan fingerprint density at radius 2 is 1.00 bits per heavy atom. The molecule has 2 aliphatic rings. The number of allylic oxidation sites excluding steroid dienone is 2. The van der Waals surface area contributed by atoms with E-state index < -0.39 is 21.3 Å². The van der Waals surface area contributed by atoms with Crippen LogP contribution >= 0.6 is 0 Å². The predicted octanol–water partition coefficient (Wildman–Crippen LogP) is 5.71. The largest absolute Gasteiger partial charge is 1.00 e. The molecular weight excluding hydrogens is 703 g/mol. The van der Waals surface area contributed by atoms with Crippen LogP contribution in [0.2, 0.25) is 0 Å². The van der Waals surface area contributed by atoms with E-state index >= 15 is 0 Å². The van der Waals surface area contributed by atoms with Crippen LogP contribution in [-0.2, 0) is 32.1 Å². The Hall–Kier alpha value is -2.83. The molecule has 0 fully saturated rings. The summed E-state index contributed by atoms with van der Waals surface area (Å²) in [6, 6.07) is 44.9. The van der Waals surface area contributed by atoms with E-state index in [1.165, 1.54) is 55.6 Å². The SMILES string of the molecule is CC1=C[CH]([Zr+2](=[C](c2ccccc2)c2ccccc2)[CH]2c3cc(C(C)(C)C)ccc3-c3ccc(C(C)(C)C)cc32)c2ccc(C)cc21.[Cl-].[Cl-]. The first-order valence-electron chi connectivity index (χ1n) is 16.9. The van der Waals surface area contributed by atoms with E-state index in [1.807, 2.05) is 0 Å². The third-order valence-electron chi connectivity index (χ3n) is 10.2. The Balaban J connectivity index is 0.00000225. The van der Waals surface area contributed by atoms with Crippen LogP contribution in [-0.4, -0.2) is 3.21 Å². The quantitative estimate of drug-likeness (QED) is 0.221. The molecule has 1 atom stereocenters. The smallest absolute Gasteiger partial charge is 1.00 e. The zero-order valence-electron chi connectivity index (χ0n) is 29.5. The van der Waals surface area contributed by atoms with Gasteiger partial charge in [-0.25, -0.2) is 0 Å². The summed E-state index contributed by atoms with van der Waals surface area (Å²) in [7, 11) is 0. The second-order valence-electron chi connectivity index (χ2n) is 15.5. The third kappa shape index (κ3) is 6.56. The van der Waals surface area contributed by atoms with E-state index in [9.17, 15) is 0 Å². The van der Waals surface area contributed by atoms with Gasteiger partial charge in [0, 0.05) is 0 Å². The number of benzene rings is 5. The summed E-state index contributed by atoms with van der Waals surface area (Å²) < 4.78 is 2.43. The monoisotopic (exact) mass is 746 g/mol. The summed E-state index contributed by atoms with van der Waals surface area (Å²) >= 11 is -2.88. The molecule has 244 valence electrons. The van der Waals surface area contributed by atoms with Crippen LogP contribution in [0.3, 0.4) is 0 Å². The van der Waals surface area contributed by atoms with E-state index in [0.717, 1.165) is 0 Å². The second-order valence-corrected chi connectivity index (χ2v) is 21.9. The molecule has 0 N–H and O–H groups in total. The average molecular weight is 749 g/mol. The van der Waals surface area contributed by atoms with Gasteiger partial charge in [-0.2, -0.15) is 0 Å². The molecule has 0 bridgehead atoms. The fourth-order valence-electron chi connectivity index (χ4n) is 7.69. The van der Waals surface area contributed by atoms with E-state index in [2.05, 4.69) is 177 Å². The summed E-state index contributed by atoms with van der Waals surface area (Å²) in [6.07, 6.45) is 2.67. The normalized spacial score (nSPS) is 14.8. The van der Waals surface area contributed by atoms with Crippen molar-refractivity contribution >= 4 is 8.78 Å². The molecule has 0 nitrogen and oxygen atoms in total. The molecule has 0 spiro atoms. The molecule has 5 aromatic rings. The minimum absolute atomic E-state index is 0. The summed E-state index contributed by atoms with van der Waals surface area (Å²) in [5.74, 6) is 0. The molecule has 48 heavy (non-hydrogen) atoms. The van der Waals surface area contributed by atoms with E-state index in [0.29, 0.717) is 7.25 Å². The topological polar surface area (TPSA) is 0 Å². The molecule has 7 rings (SSSR count). The van der Waals surface area contributed by atoms with Crippen molar-refractivity contribution in [3.8, 4) is 11.1 Å². The van der Waals surface area contributed by atoms with Crippen molar-refractivity contribution in [3.63, 3.8) is 0 Å². The molecule has 0 saturated carbocycles. The van der Waals surface area contributed by atoms with Crippen molar-refractivity contribution in [1.29, 1.82) is 0 Å². The van der Waals surface area contributed by atoms with Gasteiger partial charge in [-0.05, 0) is 0 Å². The first-order chi connectivity index (χ1) is 21.9. The minimum atomic E-state index is -2.88. The Morgan fingerprint density at radius 1 is 0.521 bits per heavy atom. The van der Waals surface area contributed by atoms with E-state index in [4.69, 9.17) is 0 Å². The van der Waals surface area contributed by atoms with Crippen molar-refractivity contribution in [3.05, 3.63) is 171 Å². The number of hydrogen-bond donors (Lipinski definition) is 0. The van der Waals surface area contributed by atoms with Crippen molar-refractivity contribution < 1.29 is 46.1 Å². The van der Waals surface area contributed by atoms with Gasteiger partial charge < -0.3 is 24.8 Å². The molecule has 1 unspecified atom stereocenters. The molecule has 3 heteroatoms. The second kappa shape index (κ2) is 13.8. The van der Waals surface area contributed by atoms with Gasteiger partial charge in [-0.15, -0.1) is 0 Å². The molecule has 5 aromatic carbocycles. The maximum atomic E-state index is 2.67. The number of aryl methyl sites for hydroxylation is 1. The first-order valence-corrected chi connectivity index (χ1v) is 20.9. The van der Waals surface area contributed by atoms with Gasteiger partial charge in [0.25, 0.3) is 0 Å². The van der Waals surface area contributed by atoms with Gasteiger partial charge in [-0.3, -0.25) is 0 Å². The van der Waals surface area contributed by atoms with E-state index in [1.54, 1.807) is 14.3 Å². The Bertz CT molecular complexity index is 1920. The van der Waals surface area contributed by atoms with Gasteiger partial charge in [0.2, 0.25) is 0 Å². The molecule has 2 aliphatic carbocycles. The van der Waals surface area contributed by atoms with Crippen molar-refractivity contribution in [1.82, 2.24) is 0 Å². The number of rotatable bonds is 4. The molecule has 0 radical (unpaired) electrons. The number of hydrogen-bond acceptors (Lipinski definition) is 0. The Kier molecular flexibility index (Phi) is 10.5.